The molecule has 1 aromatic heterocycles. The van der Waals surface area contributed by atoms with E-state index in [4.69, 9.17) is 0 Å². The lowest BCUT2D eigenvalue weighted by molar-refractivity contribution is 0.508. The second kappa shape index (κ2) is 7.11. The Bertz CT molecular complexity index is 391. The van der Waals surface area contributed by atoms with Crippen molar-refractivity contribution in [2.75, 3.05) is 36.2 Å². The highest BCUT2D eigenvalue weighted by Crippen LogP contribution is 2.15. The summed E-state index contributed by atoms with van der Waals surface area (Å²) in [6, 6.07) is 0.367. The Kier molecular flexibility index (Phi) is 5.79. The van der Waals surface area contributed by atoms with Crippen molar-refractivity contribution in [1.29, 1.82) is 0 Å². The van der Waals surface area contributed by atoms with E-state index in [1.54, 1.807) is 0 Å². The van der Waals surface area contributed by atoms with E-state index in [-0.39, 0.29) is 0 Å². The summed E-state index contributed by atoms with van der Waals surface area (Å²) in [7, 11) is 3.85. The monoisotopic (exact) mass is 266 g/mol. The van der Waals surface area contributed by atoms with Gasteiger partial charge < -0.3 is 15.5 Å². The minimum absolute atomic E-state index is 0.367. The second-order valence-electron chi connectivity index (χ2n) is 5.11. The van der Waals surface area contributed by atoms with E-state index in [2.05, 4.69) is 46.4 Å². The Morgan fingerprint density at radius 1 is 1.05 bits per heavy atom. The van der Waals surface area contributed by atoms with Gasteiger partial charge in [0, 0.05) is 26.7 Å². The molecular weight excluding hydrogens is 240 g/mol. The van der Waals surface area contributed by atoms with Crippen LogP contribution in [-0.2, 0) is 0 Å². The summed E-state index contributed by atoms with van der Waals surface area (Å²) in [5, 5.41) is 6.53. The first kappa shape index (κ1) is 15.5. The van der Waals surface area contributed by atoms with Gasteiger partial charge in [-0.3, -0.25) is 0 Å². The summed E-state index contributed by atoms with van der Waals surface area (Å²) >= 11 is 0. The molecule has 1 rings (SSSR count). The second-order valence-corrected chi connectivity index (χ2v) is 5.11. The van der Waals surface area contributed by atoms with Crippen molar-refractivity contribution >= 4 is 17.8 Å². The zero-order valence-corrected chi connectivity index (χ0v) is 12.9. The lowest BCUT2D eigenvalue weighted by atomic mass is 10.0. The van der Waals surface area contributed by atoms with Crippen LogP contribution in [0.3, 0.4) is 0 Å². The third-order valence-electron chi connectivity index (χ3n) is 2.92. The maximum Gasteiger partial charge on any atom is 0.231 e. The lowest BCUT2D eigenvalue weighted by Gasteiger charge is -2.21. The van der Waals surface area contributed by atoms with Crippen LogP contribution in [0.15, 0.2) is 0 Å². The normalized spacial score (nSPS) is 12.4. The molecular formula is C13H26N6. The zero-order valence-electron chi connectivity index (χ0n) is 12.9. The van der Waals surface area contributed by atoms with Crippen LogP contribution in [0, 0.1) is 5.92 Å². The maximum absolute atomic E-state index is 4.44. The van der Waals surface area contributed by atoms with Gasteiger partial charge in [0.2, 0.25) is 17.8 Å². The van der Waals surface area contributed by atoms with E-state index in [0.29, 0.717) is 29.8 Å². The van der Waals surface area contributed by atoms with E-state index in [0.717, 1.165) is 13.0 Å². The molecule has 0 aliphatic carbocycles. The highest BCUT2D eigenvalue weighted by atomic mass is 15.3. The van der Waals surface area contributed by atoms with Gasteiger partial charge in [0.15, 0.2) is 0 Å². The Morgan fingerprint density at radius 3 is 2.16 bits per heavy atom. The molecule has 0 bridgehead atoms. The summed E-state index contributed by atoms with van der Waals surface area (Å²) in [6.45, 7) is 9.37. The Morgan fingerprint density at radius 2 is 1.68 bits per heavy atom. The Labute approximate surface area is 116 Å². The van der Waals surface area contributed by atoms with Crippen molar-refractivity contribution in [2.45, 2.75) is 40.2 Å². The minimum Gasteiger partial charge on any atom is -0.354 e. The van der Waals surface area contributed by atoms with Crippen LogP contribution < -0.4 is 15.5 Å². The van der Waals surface area contributed by atoms with Gasteiger partial charge in [0.25, 0.3) is 0 Å². The minimum atomic E-state index is 0.367. The van der Waals surface area contributed by atoms with Gasteiger partial charge in [-0.15, -0.1) is 0 Å². The molecule has 108 valence electrons. The summed E-state index contributed by atoms with van der Waals surface area (Å²) < 4.78 is 0. The predicted octanol–water partition coefficient (Wildman–Crippen LogP) is 2.22. The van der Waals surface area contributed by atoms with Crippen LogP contribution in [0.25, 0.3) is 0 Å². The molecule has 2 N–H and O–H groups in total. The van der Waals surface area contributed by atoms with Crippen LogP contribution in [-0.4, -0.2) is 41.6 Å². The fourth-order valence-corrected chi connectivity index (χ4v) is 1.77. The average Bonchev–Trinajstić information content (AvgIpc) is 2.35. The molecule has 0 aliphatic heterocycles. The van der Waals surface area contributed by atoms with E-state index in [1.165, 1.54) is 0 Å². The van der Waals surface area contributed by atoms with Gasteiger partial charge in [-0.1, -0.05) is 20.8 Å². The molecule has 0 amide bonds. The average molecular weight is 266 g/mol. The third-order valence-corrected chi connectivity index (χ3v) is 2.92. The van der Waals surface area contributed by atoms with Crippen LogP contribution in [0.4, 0.5) is 17.8 Å². The van der Waals surface area contributed by atoms with E-state index < -0.39 is 0 Å². The molecule has 0 saturated carbocycles. The van der Waals surface area contributed by atoms with Crippen molar-refractivity contribution < 1.29 is 0 Å². The molecule has 1 heterocycles. The maximum atomic E-state index is 4.44. The predicted molar refractivity (Wildman–Crippen MR) is 80.9 cm³/mol. The lowest BCUT2D eigenvalue weighted by Crippen LogP contribution is -2.27. The molecule has 6 nitrogen and oxygen atoms in total. The molecule has 0 fully saturated rings. The van der Waals surface area contributed by atoms with Gasteiger partial charge in [0.05, 0.1) is 0 Å². The number of nitrogens with one attached hydrogen (secondary N) is 2. The van der Waals surface area contributed by atoms with Crippen molar-refractivity contribution in [1.82, 2.24) is 15.0 Å². The number of anilines is 3. The molecule has 0 saturated heterocycles. The van der Waals surface area contributed by atoms with Crippen molar-refractivity contribution in [3.63, 3.8) is 0 Å². The fourth-order valence-electron chi connectivity index (χ4n) is 1.77. The van der Waals surface area contributed by atoms with Gasteiger partial charge >= 0.3 is 0 Å². The highest BCUT2D eigenvalue weighted by Gasteiger charge is 2.14. The summed E-state index contributed by atoms with van der Waals surface area (Å²) in [4.78, 5) is 15.1. The van der Waals surface area contributed by atoms with Crippen LogP contribution >= 0.6 is 0 Å². The Hall–Kier alpha value is -1.59. The highest BCUT2D eigenvalue weighted by molar-refractivity contribution is 5.43. The molecule has 0 radical (unpaired) electrons. The van der Waals surface area contributed by atoms with Crippen LogP contribution in [0.2, 0.25) is 0 Å². The number of nitrogens with zero attached hydrogens (tertiary/aromatic N) is 4. The van der Waals surface area contributed by atoms with Crippen LogP contribution in [0.1, 0.15) is 34.1 Å². The molecule has 1 aromatic rings. The summed E-state index contributed by atoms with van der Waals surface area (Å²) in [6.07, 6.45) is 1.04. The largest absolute Gasteiger partial charge is 0.354 e. The molecule has 1 atom stereocenters. The molecule has 0 spiro atoms. The zero-order chi connectivity index (χ0) is 14.4. The third kappa shape index (κ3) is 4.54. The molecule has 0 aromatic carbocycles. The SMILES string of the molecule is CCNc1nc(NC(CC)C(C)C)nc(N(C)C)n1. The van der Waals surface area contributed by atoms with Crippen molar-refractivity contribution in [3.05, 3.63) is 0 Å². The molecule has 6 heteroatoms. The first-order valence-corrected chi connectivity index (χ1v) is 6.91. The topological polar surface area (TPSA) is 66.0 Å². The van der Waals surface area contributed by atoms with Gasteiger partial charge in [0.1, 0.15) is 0 Å². The molecule has 1 unspecified atom stereocenters. The Balaban J connectivity index is 2.98. The van der Waals surface area contributed by atoms with Crippen molar-refractivity contribution in [3.8, 4) is 0 Å². The molecule has 0 aliphatic rings. The van der Waals surface area contributed by atoms with E-state index in [1.807, 2.05) is 25.9 Å². The van der Waals surface area contributed by atoms with Gasteiger partial charge in [-0.25, -0.2) is 0 Å². The first-order valence-electron chi connectivity index (χ1n) is 6.91. The standard InChI is InChI=1S/C13H26N6/c1-7-10(9(3)4)15-12-16-11(14-8-2)17-13(18-12)19(5)6/h9-10H,7-8H2,1-6H3,(H2,14,15,16,17,18). The van der Waals surface area contributed by atoms with E-state index in [9.17, 15) is 0 Å². The fraction of sp³-hybridized carbons (Fsp3) is 0.769. The summed E-state index contributed by atoms with van der Waals surface area (Å²) in [5.74, 6) is 2.44. The van der Waals surface area contributed by atoms with E-state index >= 15 is 0 Å². The first-order chi connectivity index (χ1) is 8.97. The smallest absolute Gasteiger partial charge is 0.231 e. The van der Waals surface area contributed by atoms with Crippen LogP contribution in [0.5, 0.6) is 0 Å². The van der Waals surface area contributed by atoms with Gasteiger partial charge in [-0.05, 0) is 19.3 Å². The molecule has 19 heavy (non-hydrogen) atoms. The number of aromatic nitrogens is 3. The van der Waals surface area contributed by atoms with Gasteiger partial charge in [-0.2, -0.15) is 15.0 Å². The quantitative estimate of drug-likeness (QED) is 0.789. The number of hydrogen-bond acceptors (Lipinski definition) is 6. The number of rotatable bonds is 7. The van der Waals surface area contributed by atoms with Crippen molar-refractivity contribution in [2.24, 2.45) is 5.92 Å². The number of hydrogen-bond donors (Lipinski definition) is 2. The summed E-state index contributed by atoms with van der Waals surface area (Å²) in [5.41, 5.74) is 0.